The number of nitrogens with zero attached hydrogens (tertiary/aromatic N) is 3. The third-order valence-electron chi connectivity index (χ3n) is 2.05. The van der Waals surface area contributed by atoms with Crippen molar-refractivity contribution in [3.05, 3.63) is 42.5 Å². The van der Waals surface area contributed by atoms with Crippen molar-refractivity contribution < 1.29 is 19.5 Å². The van der Waals surface area contributed by atoms with E-state index in [0.717, 1.165) is 0 Å². The molecule has 0 amide bonds. The molecule has 108 valence electrons. The lowest BCUT2D eigenvalue weighted by Crippen LogP contribution is -2.24. The Morgan fingerprint density at radius 2 is 1.30 bits per heavy atom. The van der Waals surface area contributed by atoms with Crippen molar-refractivity contribution in [3.8, 4) is 5.75 Å². The standard InChI is InChI=1S/C10H11N3O7/c1-10(2,3)20-9-7(12(16)17)4-6(11(14)15)5-8(9)13(18)19/h4-5H,1-3H3. The fraction of sp³-hybridized carbons (Fsp3) is 0.400. The monoisotopic (exact) mass is 285 g/mol. The van der Waals surface area contributed by atoms with E-state index in [2.05, 4.69) is 0 Å². The van der Waals surface area contributed by atoms with Gasteiger partial charge in [0.1, 0.15) is 5.60 Å². The number of hydrogen-bond donors (Lipinski definition) is 0. The van der Waals surface area contributed by atoms with Crippen LogP contribution in [0, 0.1) is 30.3 Å². The molecule has 0 aliphatic rings. The fourth-order valence-corrected chi connectivity index (χ4v) is 1.37. The van der Waals surface area contributed by atoms with E-state index in [0.29, 0.717) is 12.1 Å². The van der Waals surface area contributed by atoms with Gasteiger partial charge in [0.25, 0.3) is 11.4 Å². The highest BCUT2D eigenvalue weighted by Crippen LogP contribution is 2.41. The zero-order valence-electron chi connectivity index (χ0n) is 10.9. The van der Waals surface area contributed by atoms with E-state index >= 15 is 0 Å². The second-order valence-electron chi connectivity index (χ2n) is 4.80. The molecule has 0 unspecified atom stereocenters. The van der Waals surface area contributed by atoms with Crippen LogP contribution in [0.4, 0.5) is 17.1 Å². The van der Waals surface area contributed by atoms with Crippen LogP contribution in [0.3, 0.4) is 0 Å². The number of non-ortho nitro benzene ring substituents is 1. The van der Waals surface area contributed by atoms with Gasteiger partial charge in [0, 0.05) is 0 Å². The molecular formula is C10H11N3O7. The van der Waals surface area contributed by atoms with Crippen molar-refractivity contribution in [3.63, 3.8) is 0 Å². The third-order valence-corrected chi connectivity index (χ3v) is 2.05. The van der Waals surface area contributed by atoms with Gasteiger partial charge in [-0.15, -0.1) is 0 Å². The molecule has 10 heteroatoms. The van der Waals surface area contributed by atoms with Crippen molar-refractivity contribution in [2.45, 2.75) is 26.4 Å². The van der Waals surface area contributed by atoms with Crippen molar-refractivity contribution in [2.75, 3.05) is 0 Å². The van der Waals surface area contributed by atoms with E-state index in [1.165, 1.54) is 0 Å². The van der Waals surface area contributed by atoms with Crippen LogP contribution in [0.5, 0.6) is 5.75 Å². The van der Waals surface area contributed by atoms with Gasteiger partial charge in [-0.2, -0.15) is 0 Å². The number of nitro groups is 3. The number of hydrogen-bond acceptors (Lipinski definition) is 7. The Kier molecular flexibility index (Phi) is 3.87. The van der Waals surface area contributed by atoms with Gasteiger partial charge in [-0.3, -0.25) is 30.3 Å². The van der Waals surface area contributed by atoms with Crippen LogP contribution in [-0.2, 0) is 0 Å². The summed E-state index contributed by atoms with van der Waals surface area (Å²) >= 11 is 0. The van der Waals surface area contributed by atoms with E-state index in [4.69, 9.17) is 4.74 Å². The third kappa shape index (κ3) is 3.37. The SMILES string of the molecule is CC(C)(C)Oc1c([N+](=O)[O-])cc([N+](=O)[O-])cc1[N+](=O)[O-]. The van der Waals surface area contributed by atoms with Crippen molar-refractivity contribution in [2.24, 2.45) is 0 Å². The molecule has 1 aromatic rings. The van der Waals surface area contributed by atoms with Crippen LogP contribution in [0.1, 0.15) is 20.8 Å². The minimum Gasteiger partial charge on any atom is -0.476 e. The molecule has 0 aliphatic heterocycles. The summed E-state index contributed by atoms with van der Waals surface area (Å²) in [6.07, 6.45) is 0. The number of rotatable bonds is 4. The van der Waals surface area contributed by atoms with Gasteiger partial charge in [-0.05, 0) is 20.8 Å². The first-order valence-corrected chi connectivity index (χ1v) is 5.33. The van der Waals surface area contributed by atoms with Crippen molar-refractivity contribution >= 4 is 17.1 Å². The molecule has 1 rings (SSSR count). The van der Waals surface area contributed by atoms with Crippen LogP contribution in [0.25, 0.3) is 0 Å². The normalized spacial score (nSPS) is 10.9. The molecule has 0 radical (unpaired) electrons. The maximum atomic E-state index is 10.9. The quantitative estimate of drug-likeness (QED) is 0.611. The van der Waals surface area contributed by atoms with Gasteiger partial charge >= 0.3 is 11.4 Å². The van der Waals surface area contributed by atoms with Crippen molar-refractivity contribution in [1.82, 2.24) is 0 Å². The average Bonchev–Trinajstić information content (AvgIpc) is 2.25. The van der Waals surface area contributed by atoms with E-state index < -0.39 is 43.2 Å². The van der Waals surface area contributed by atoms with Gasteiger partial charge in [0.05, 0.1) is 26.9 Å². The molecule has 0 saturated heterocycles. The van der Waals surface area contributed by atoms with Crippen LogP contribution < -0.4 is 4.74 Å². The minimum absolute atomic E-state index is 0.599. The van der Waals surface area contributed by atoms with E-state index in [-0.39, 0.29) is 0 Å². The Morgan fingerprint density at radius 1 is 0.900 bits per heavy atom. The van der Waals surface area contributed by atoms with Crippen LogP contribution >= 0.6 is 0 Å². The van der Waals surface area contributed by atoms with E-state index in [1.807, 2.05) is 0 Å². The largest absolute Gasteiger partial charge is 0.476 e. The summed E-state index contributed by atoms with van der Waals surface area (Å²) in [5.74, 6) is -0.599. The van der Waals surface area contributed by atoms with Crippen LogP contribution in [0.15, 0.2) is 12.1 Å². The summed E-state index contributed by atoms with van der Waals surface area (Å²) in [4.78, 5) is 29.7. The summed E-state index contributed by atoms with van der Waals surface area (Å²) in [5.41, 5.74) is -3.32. The van der Waals surface area contributed by atoms with Gasteiger partial charge in [-0.25, -0.2) is 0 Å². The van der Waals surface area contributed by atoms with E-state index in [9.17, 15) is 30.3 Å². The molecule has 0 N–H and O–H groups in total. The molecule has 0 aliphatic carbocycles. The summed E-state index contributed by atoms with van der Waals surface area (Å²) in [7, 11) is 0. The molecule has 0 heterocycles. The first kappa shape index (κ1) is 15.3. The summed E-state index contributed by atoms with van der Waals surface area (Å²) < 4.78 is 5.22. The molecule has 20 heavy (non-hydrogen) atoms. The molecule has 0 spiro atoms. The number of ether oxygens (including phenoxy) is 1. The van der Waals surface area contributed by atoms with Crippen molar-refractivity contribution in [1.29, 1.82) is 0 Å². The van der Waals surface area contributed by atoms with Gasteiger partial charge < -0.3 is 4.74 Å². The lowest BCUT2D eigenvalue weighted by molar-refractivity contribution is -0.404. The lowest BCUT2D eigenvalue weighted by atomic mass is 10.1. The Morgan fingerprint density at radius 3 is 1.55 bits per heavy atom. The average molecular weight is 285 g/mol. The Labute approximate surface area is 112 Å². The minimum atomic E-state index is -0.957. The molecule has 0 saturated carbocycles. The maximum absolute atomic E-state index is 10.9. The zero-order valence-corrected chi connectivity index (χ0v) is 10.9. The molecule has 0 atom stereocenters. The van der Waals surface area contributed by atoms with Gasteiger partial charge in [0.2, 0.25) is 0 Å². The summed E-state index contributed by atoms with van der Waals surface area (Å²) in [5, 5.41) is 32.5. The summed E-state index contributed by atoms with van der Waals surface area (Å²) in [6, 6.07) is 1.27. The molecule has 0 bridgehead atoms. The number of nitro benzene ring substituents is 3. The fourth-order valence-electron chi connectivity index (χ4n) is 1.37. The maximum Gasteiger partial charge on any atom is 0.325 e. The van der Waals surface area contributed by atoms with Crippen LogP contribution in [0.2, 0.25) is 0 Å². The zero-order chi connectivity index (χ0) is 15.7. The highest BCUT2D eigenvalue weighted by molar-refractivity contribution is 5.65. The smallest absolute Gasteiger partial charge is 0.325 e. The Balaban J connectivity index is 3.64. The predicted molar refractivity (Wildman–Crippen MR) is 66.8 cm³/mol. The summed E-state index contributed by atoms with van der Waals surface area (Å²) in [6.45, 7) is 4.63. The second kappa shape index (κ2) is 5.07. The van der Waals surface area contributed by atoms with Crippen LogP contribution in [-0.4, -0.2) is 20.4 Å². The number of benzene rings is 1. The lowest BCUT2D eigenvalue weighted by Gasteiger charge is -2.20. The first-order valence-electron chi connectivity index (χ1n) is 5.33. The molecule has 0 aromatic heterocycles. The second-order valence-corrected chi connectivity index (χ2v) is 4.80. The molecular weight excluding hydrogens is 274 g/mol. The van der Waals surface area contributed by atoms with E-state index in [1.54, 1.807) is 20.8 Å². The Hall–Kier alpha value is -2.78. The van der Waals surface area contributed by atoms with Gasteiger partial charge in [-0.1, -0.05) is 0 Å². The first-order chi connectivity index (χ1) is 9.03. The predicted octanol–water partition coefficient (Wildman–Crippen LogP) is 2.59. The highest BCUT2D eigenvalue weighted by Gasteiger charge is 2.34. The Bertz CT molecular complexity index is 556. The molecule has 10 nitrogen and oxygen atoms in total. The molecule has 1 aromatic carbocycles. The molecule has 0 fully saturated rings. The topological polar surface area (TPSA) is 139 Å². The highest BCUT2D eigenvalue weighted by atomic mass is 16.6. The van der Waals surface area contributed by atoms with Gasteiger partial charge in [0.15, 0.2) is 0 Å².